The zero-order valence-corrected chi connectivity index (χ0v) is 6.72. The first kappa shape index (κ1) is 8.96. The summed E-state index contributed by atoms with van der Waals surface area (Å²) in [5.41, 5.74) is 0. The van der Waals surface area contributed by atoms with E-state index in [0.29, 0.717) is 0 Å². The van der Waals surface area contributed by atoms with E-state index in [1.54, 1.807) is 0 Å². The maximum atomic E-state index is 7.00. The highest BCUT2D eigenvalue weighted by molar-refractivity contribution is 4.68. The van der Waals surface area contributed by atoms with E-state index in [4.69, 9.17) is 5.11 Å². The van der Waals surface area contributed by atoms with Crippen molar-refractivity contribution in [3.05, 3.63) is 0 Å². The summed E-state index contributed by atoms with van der Waals surface area (Å²) >= 11 is 0. The van der Waals surface area contributed by atoms with Gasteiger partial charge in [0.25, 0.3) is 0 Å². The van der Waals surface area contributed by atoms with E-state index in [2.05, 4.69) is 13.8 Å². The summed E-state index contributed by atoms with van der Waals surface area (Å²) in [5.74, 6) is 2.05. The summed E-state index contributed by atoms with van der Waals surface area (Å²) in [4.78, 5) is 0. The van der Waals surface area contributed by atoms with E-state index in [1.807, 2.05) is 0 Å². The zero-order chi connectivity index (χ0) is 7.28. The van der Waals surface area contributed by atoms with E-state index in [9.17, 15) is 0 Å². The van der Waals surface area contributed by atoms with Gasteiger partial charge in [0, 0.05) is 7.11 Å². The van der Waals surface area contributed by atoms with Gasteiger partial charge in [-0.15, -0.1) is 0 Å². The van der Waals surface area contributed by atoms with Crippen LogP contribution in [0.4, 0.5) is 0 Å². The fourth-order valence-corrected chi connectivity index (χ4v) is 1.49. The Morgan fingerprint density at radius 3 is 1.44 bits per heavy atom. The van der Waals surface area contributed by atoms with Gasteiger partial charge in [0.1, 0.15) is 0 Å². The van der Waals surface area contributed by atoms with Crippen LogP contribution in [0.15, 0.2) is 0 Å². The molecule has 0 spiro atoms. The molecule has 0 aromatic carbocycles. The molecular formula is C8H18O. The van der Waals surface area contributed by atoms with Gasteiger partial charge in [-0.25, -0.2) is 0 Å². The molecule has 1 fully saturated rings. The van der Waals surface area contributed by atoms with Crippen molar-refractivity contribution in [2.24, 2.45) is 11.8 Å². The molecule has 0 amide bonds. The lowest BCUT2D eigenvalue weighted by atomic mass is 10.1. The third-order valence-electron chi connectivity index (χ3n) is 1.96. The molecule has 0 aliphatic heterocycles. The van der Waals surface area contributed by atoms with Gasteiger partial charge in [-0.3, -0.25) is 0 Å². The summed E-state index contributed by atoms with van der Waals surface area (Å²) in [7, 11) is 1.00. The molecule has 1 rings (SSSR count). The zero-order valence-electron chi connectivity index (χ0n) is 6.72. The molecule has 1 N–H and O–H groups in total. The third-order valence-corrected chi connectivity index (χ3v) is 1.96. The number of aliphatic hydroxyl groups is 1. The second-order valence-electron chi connectivity index (χ2n) is 3.02. The summed E-state index contributed by atoms with van der Waals surface area (Å²) in [6, 6.07) is 0. The maximum absolute atomic E-state index is 7.00. The van der Waals surface area contributed by atoms with Gasteiger partial charge in [0.15, 0.2) is 0 Å². The quantitative estimate of drug-likeness (QED) is 0.532. The molecule has 1 unspecified atom stereocenters. The molecule has 1 aliphatic carbocycles. The van der Waals surface area contributed by atoms with Crippen LogP contribution >= 0.6 is 0 Å². The molecule has 0 aromatic rings. The van der Waals surface area contributed by atoms with Crippen molar-refractivity contribution in [1.82, 2.24) is 0 Å². The van der Waals surface area contributed by atoms with E-state index < -0.39 is 0 Å². The molecule has 0 heterocycles. The van der Waals surface area contributed by atoms with Crippen LogP contribution in [-0.2, 0) is 0 Å². The van der Waals surface area contributed by atoms with E-state index in [-0.39, 0.29) is 0 Å². The van der Waals surface area contributed by atoms with Crippen molar-refractivity contribution in [3.63, 3.8) is 0 Å². The second kappa shape index (κ2) is 4.80. The van der Waals surface area contributed by atoms with Crippen molar-refractivity contribution in [2.45, 2.75) is 33.1 Å². The average Bonchev–Trinajstić information content (AvgIpc) is 2.20. The lowest BCUT2D eigenvalue weighted by Crippen LogP contribution is -1.84. The van der Waals surface area contributed by atoms with Crippen molar-refractivity contribution < 1.29 is 5.11 Å². The first-order valence-corrected chi connectivity index (χ1v) is 3.73. The first-order valence-electron chi connectivity index (χ1n) is 3.73. The minimum atomic E-state index is 1.00. The molecule has 2 atom stereocenters. The molecule has 0 bridgehead atoms. The van der Waals surface area contributed by atoms with E-state index in [0.717, 1.165) is 18.9 Å². The molecule has 0 saturated heterocycles. The van der Waals surface area contributed by atoms with Crippen LogP contribution in [0.1, 0.15) is 33.1 Å². The van der Waals surface area contributed by atoms with Gasteiger partial charge in [-0.1, -0.05) is 26.7 Å². The predicted octanol–water partition coefficient (Wildman–Crippen LogP) is 2.05. The number of hydrogen-bond donors (Lipinski definition) is 1. The summed E-state index contributed by atoms with van der Waals surface area (Å²) in [6.45, 7) is 4.70. The van der Waals surface area contributed by atoms with Gasteiger partial charge < -0.3 is 5.11 Å². The standard InChI is InChI=1S/C7H14.CH4O/c1-6-3-4-7(2)5-6;1-2/h6-7H,3-5H2,1-2H3;2H,1H3/t6-,7?;/m0./s1. The normalized spacial score (nSPS) is 33.3. The maximum Gasteiger partial charge on any atom is 0.0319 e. The monoisotopic (exact) mass is 130 g/mol. The van der Waals surface area contributed by atoms with Crippen LogP contribution in [0.3, 0.4) is 0 Å². The Morgan fingerprint density at radius 2 is 1.33 bits per heavy atom. The smallest absolute Gasteiger partial charge is 0.0319 e. The van der Waals surface area contributed by atoms with Gasteiger partial charge in [0.2, 0.25) is 0 Å². The van der Waals surface area contributed by atoms with E-state index >= 15 is 0 Å². The summed E-state index contributed by atoms with van der Waals surface area (Å²) in [5, 5.41) is 7.00. The van der Waals surface area contributed by atoms with E-state index in [1.165, 1.54) is 19.3 Å². The molecule has 1 nitrogen and oxygen atoms in total. The highest BCUT2D eigenvalue weighted by atomic mass is 16.2. The minimum Gasteiger partial charge on any atom is -0.400 e. The molecule has 1 saturated carbocycles. The Balaban J connectivity index is 0.000000291. The van der Waals surface area contributed by atoms with Crippen molar-refractivity contribution >= 4 is 0 Å². The Bertz CT molecular complexity index is 53.6. The fourth-order valence-electron chi connectivity index (χ4n) is 1.49. The highest BCUT2D eigenvalue weighted by Gasteiger charge is 2.15. The van der Waals surface area contributed by atoms with Crippen molar-refractivity contribution in [1.29, 1.82) is 0 Å². The van der Waals surface area contributed by atoms with Crippen molar-refractivity contribution in [2.75, 3.05) is 7.11 Å². The number of rotatable bonds is 0. The van der Waals surface area contributed by atoms with Gasteiger partial charge in [0.05, 0.1) is 0 Å². The lowest BCUT2D eigenvalue weighted by Gasteiger charge is -1.96. The lowest BCUT2D eigenvalue weighted by molar-refractivity contribution is 0.399. The summed E-state index contributed by atoms with van der Waals surface area (Å²) in [6.07, 6.45) is 4.42. The molecule has 0 aromatic heterocycles. The van der Waals surface area contributed by atoms with Crippen LogP contribution < -0.4 is 0 Å². The van der Waals surface area contributed by atoms with Gasteiger partial charge in [-0.05, 0) is 18.3 Å². The SMILES string of the molecule is CC1CC[C@H](C)C1.CO. The highest BCUT2D eigenvalue weighted by Crippen LogP contribution is 2.29. The largest absolute Gasteiger partial charge is 0.400 e. The minimum absolute atomic E-state index is 1.00. The third kappa shape index (κ3) is 3.52. The molecule has 9 heavy (non-hydrogen) atoms. The Hall–Kier alpha value is -0.0400. The Morgan fingerprint density at radius 1 is 1.00 bits per heavy atom. The van der Waals surface area contributed by atoms with Crippen LogP contribution in [0.2, 0.25) is 0 Å². The molecular weight excluding hydrogens is 112 g/mol. The first-order chi connectivity index (χ1) is 4.29. The molecule has 1 heteroatoms. The number of aliphatic hydroxyl groups excluding tert-OH is 1. The average molecular weight is 130 g/mol. The topological polar surface area (TPSA) is 20.2 Å². The molecule has 1 aliphatic rings. The van der Waals surface area contributed by atoms with Crippen LogP contribution in [0.5, 0.6) is 0 Å². The van der Waals surface area contributed by atoms with Crippen LogP contribution in [0.25, 0.3) is 0 Å². The van der Waals surface area contributed by atoms with Gasteiger partial charge >= 0.3 is 0 Å². The van der Waals surface area contributed by atoms with Crippen molar-refractivity contribution in [3.8, 4) is 0 Å². The van der Waals surface area contributed by atoms with Gasteiger partial charge in [-0.2, -0.15) is 0 Å². The summed E-state index contributed by atoms with van der Waals surface area (Å²) < 4.78 is 0. The second-order valence-corrected chi connectivity index (χ2v) is 3.02. The molecule has 0 radical (unpaired) electrons. The Labute approximate surface area is 58.1 Å². The fraction of sp³-hybridized carbons (Fsp3) is 1.00. The van der Waals surface area contributed by atoms with Crippen LogP contribution in [-0.4, -0.2) is 12.2 Å². The molecule has 56 valence electrons. The van der Waals surface area contributed by atoms with Crippen LogP contribution in [0, 0.1) is 11.8 Å². The number of hydrogen-bond acceptors (Lipinski definition) is 1. The predicted molar refractivity (Wildman–Crippen MR) is 40.3 cm³/mol. The Kier molecular flexibility index (Phi) is 4.78.